The molecule has 43 heavy (non-hydrogen) atoms. The van der Waals surface area contributed by atoms with E-state index < -0.39 is 83.9 Å². The van der Waals surface area contributed by atoms with E-state index in [9.17, 15) is 25.2 Å². The van der Waals surface area contributed by atoms with Crippen LogP contribution in [-0.4, -0.2) is 131 Å². The van der Waals surface area contributed by atoms with Gasteiger partial charge in [0, 0.05) is 36.5 Å². The third-order valence-electron chi connectivity index (χ3n) is 9.99. The minimum absolute atomic E-state index is 0.110. The maximum atomic E-state index is 13.0. The highest BCUT2D eigenvalue weighted by Crippen LogP contribution is 2.38. The lowest BCUT2D eigenvalue weighted by Crippen LogP contribution is -2.69. The number of hydrogen-bond donors (Lipinski definition) is 11. The molecule has 15 N–H and O–H groups in total. The highest BCUT2D eigenvalue weighted by atomic mass is 16.7. The summed E-state index contributed by atoms with van der Waals surface area (Å²) in [7, 11) is 1.60. The van der Waals surface area contributed by atoms with Gasteiger partial charge in [-0.05, 0) is 58.2 Å². The second kappa shape index (κ2) is 12.7. The van der Waals surface area contributed by atoms with Gasteiger partial charge in [0.25, 0.3) is 5.91 Å². The topological polar surface area (TPSA) is 266 Å². The molecule has 1 amide bonds. The maximum absolute atomic E-state index is 13.0. The molecule has 3 aliphatic carbocycles. The number of likely N-dealkylation sites (N-methyl/N-ethyl adjacent to an activating group) is 1. The summed E-state index contributed by atoms with van der Waals surface area (Å²) < 4.78 is 18.3. The van der Waals surface area contributed by atoms with Gasteiger partial charge in [-0.2, -0.15) is 0 Å². The summed E-state index contributed by atoms with van der Waals surface area (Å²) in [6.07, 6.45) is -0.929. The van der Waals surface area contributed by atoms with Gasteiger partial charge in [0.2, 0.25) is 0 Å². The van der Waals surface area contributed by atoms with E-state index in [2.05, 4.69) is 16.0 Å². The number of amides is 1. The van der Waals surface area contributed by atoms with Gasteiger partial charge in [0.15, 0.2) is 11.9 Å². The number of aliphatic hydroxyl groups excluding tert-OH is 2. The fourth-order valence-corrected chi connectivity index (χ4v) is 7.14. The Morgan fingerprint density at radius 2 is 1.81 bits per heavy atom. The highest BCUT2D eigenvalue weighted by Gasteiger charge is 2.59. The van der Waals surface area contributed by atoms with Gasteiger partial charge in [0.05, 0.1) is 31.3 Å². The Bertz CT molecular complexity index is 1030. The van der Waals surface area contributed by atoms with Crippen LogP contribution in [0.1, 0.15) is 39.0 Å². The van der Waals surface area contributed by atoms with Gasteiger partial charge < -0.3 is 73.5 Å². The van der Waals surface area contributed by atoms with Crippen LogP contribution in [0.25, 0.3) is 0 Å². The minimum Gasteiger partial charge on any atom is -0.492 e. The number of nitrogens with two attached hydrogens (primary N) is 4. The number of hydrogen-bond acceptors (Lipinski definition) is 14. The Morgan fingerprint density at radius 1 is 1.12 bits per heavy atom. The third kappa shape index (κ3) is 6.73. The Morgan fingerprint density at radius 3 is 2.44 bits per heavy atom. The average Bonchev–Trinajstić information content (AvgIpc) is 3.55. The predicted molar refractivity (Wildman–Crippen MR) is 155 cm³/mol. The summed E-state index contributed by atoms with van der Waals surface area (Å²) in [5.74, 6) is -0.135. The first-order valence-electron chi connectivity index (χ1n) is 15.4. The molecule has 5 aliphatic rings. The molecule has 4 fully saturated rings. The van der Waals surface area contributed by atoms with Crippen LogP contribution in [0.5, 0.6) is 0 Å². The molecule has 246 valence electrons. The smallest absolute Gasteiger partial charge is 0.253 e. The Kier molecular flexibility index (Phi) is 9.74. The molecule has 3 saturated carbocycles. The van der Waals surface area contributed by atoms with Gasteiger partial charge in [0.1, 0.15) is 29.7 Å². The monoisotopic (exact) mass is 613 g/mol. The molecule has 15 nitrogen and oxygen atoms in total. The molecule has 0 bridgehead atoms. The zero-order valence-corrected chi connectivity index (χ0v) is 25.0. The first-order chi connectivity index (χ1) is 20.2. The normalized spacial score (nSPS) is 49.8. The zero-order valence-electron chi connectivity index (χ0n) is 25.0. The lowest BCUT2D eigenvalue weighted by Gasteiger charge is -2.50. The largest absolute Gasteiger partial charge is 0.492 e. The summed E-state index contributed by atoms with van der Waals surface area (Å²) >= 11 is 0. The molecule has 0 spiro atoms. The zero-order chi connectivity index (χ0) is 31.3. The molecule has 13 atom stereocenters. The number of ether oxygens (including phenoxy) is 3. The first-order valence-corrected chi connectivity index (χ1v) is 15.4. The average molecular weight is 614 g/mol. The van der Waals surface area contributed by atoms with Gasteiger partial charge in [-0.1, -0.05) is 0 Å². The van der Waals surface area contributed by atoms with Crippen molar-refractivity contribution in [2.24, 2.45) is 34.8 Å². The van der Waals surface area contributed by atoms with Gasteiger partial charge >= 0.3 is 0 Å². The second-order valence-corrected chi connectivity index (χ2v) is 13.6. The van der Waals surface area contributed by atoms with E-state index in [1.165, 1.54) is 6.92 Å². The Balaban J connectivity index is 1.31. The van der Waals surface area contributed by atoms with Crippen molar-refractivity contribution in [2.45, 2.75) is 117 Å². The van der Waals surface area contributed by atoms with Crippen LogP contribution in [0.4, 0.5) is 0 Å². The van der Waals surface area contributed by atoms with Crippen molar-refractivity contribution < 1.29 is 39.4 Å². The number of carbonyl (C=O) groups excluding carboxylic acids is 1. The van der Waals surface area contributed by atoms with E-state index in [1.807, 2.05) is 6.08 Å². The van der Waals surface area contributed by atoms with Crippen molar-refractivity contribution in [3.63, 3.8) is 0 Å². The molecule has 2 heterocycles. The maximum Gasteiger partial charge on any atom is 0.253 e. The Hall–Kier alpha value is -1.47. The summed E-state index contributed by atoms with van der Waals surface area (Å²) in [6.45, 7) is 2.71. The van der Waals surface area contributed by atoms with Crippen LogP contribution in [-0.2, 0) is 19.0 Å². The molecule has 2 aliphatic heterocycles. The predicted octanol–water partition coefficient (Wildman–Crippen LogP) is -4.59. The SMILES string of the molecule is CNC1C(O)C(OC2C(NC(=O)C3(O)CC3N)CC(N)C(C3OC(CNCC4CC(N)C4)=CCC3N)C2O)OCC1(C)O. The first kappa shape index (κ1) is 32.9. The molecule has 0 radical (unpaired) electrons. The Labute approximate surface area is 252 Å². The van der Waals surface area contributed by atoms with Crippen LogP contribution in [0.15, 0.2) is 11.8 Å². The standard InChI is InChI=1S/C28H51N7O8/c1-27(39)11-41-25(21(37)24(27)33-2)43-23-17(35-26(38)28(40)8-18(28)32)7-16(31)19(20(23)36)22-15(30)4-3-14(42-22)10-34-9-12-5-13(29)6-12/h3,12-13,15-25,33-34,36-37,39-40H,4-11,29-32H2,1-2H3,(H,35,38). The lowest BCUT2D eigenvalue weighted by molar-refractivity contribution is -0.297. The number of aliphatic hydroxyl groups is 4. The molecule has 1 saturated heterocycles. The van der Waals surface area contributed by atoms with Crippen LogP contribution >= 0.6 is 0 Å². The number of nitrogens with one attached hydrogen (secondary N) is 3. The molecule has 15 heteroatoms. The molecule has 13 unspecified atom stereocenters. The van der Waals surface area contributed by atoms with E-state index in [0.717, 1.165) is 19.4 Å². The lowest BCUT2D eigenvalue weighted by atomic mass is 9.72. The van der Waals surface area contributed by atoms with Crippen LogP contribution < -0.4 is 38.9 Å². The van der Waals surface area contributed by atoms with E-state index in [4.69, 9.17) is 37.1 Å². The molecule has 0 aromatic heterocycles. The van der Waals surface area contributed by atoms with Crippen LogP contribution in [0.3, 0.4) is 0 Å². The van der Waals surface area contributed by atoms with Gasteiger partial charge in [-0.15, -0.1) is 0 Å². The van der Waals surface area contributed by atoms with Crippen molar-refractivity contribution in [3.05, 3.63) is 11.8 Å². The van der Waals surface area contributed by atoms with Crippen molar-refractivity contribution in [3.8, 4) is 0 Å². The van der Waals surface area contributed by atoms with E-state index >= 15 is 0 Å². The molecule has 0 aromatic carbocycles. The molecular weight excluding hydrogens is 562 g/mol. The fourth-order valence-electron chi connectivity index (χ4n) is 7.14. The van der Waals surface area contributed by atoms with E-state index in [-0.39, 0.29) is 25.5 Å². The van der Waals surface area contributed by atoms with E-state index in [1.54, 1.807) is 7.05 Å². The van der Waals surface area contributed by atoms with Gasteiger partial charge in [-0.3, -0.25) is 4.79 Å². The summed E-state index contributed by atoms with van der Waals surface area (Å²) in [4.78, 5) is 13.0. The minimum atomic E-state index is -1.71. The van der Waals surface area contributed by atoms with E-state index in [0.29, 0.717) is 24.6 Å². The van der Waals surface area contributed by atoms with Crippen LogP contribution in [0.2, 0.25) is 0 Å². The van der Waals surface area contributed by atoms with Gasteiger partial charge in [-0.25, -0.2) is 0 Å². The highest BCUT2D eigenvalue weighted by molar-refractivity contribution is 5.89. The van der Waals surface area contributed by atoms with Crippen LogP contribution in [0, 0.1) is 11.8 Å². The molecule has 5 rings (SSSR count). The van der Waals surface area contributed by atoms with Crippen molar-refractivity contribution >= 4 is 5.91 Å². The van der Waals surface area contributed by atoms with Crippen molar-refractivity contribution in [1.82, 2.24) is 16.0 Å². The molecule has 0 aromatic rings. The quantitative estimate of drug-likeness (QED) is 0.111. The fraction of sp³-hybridized carbons (Fsp3) is 0.893. The van der Waals surface area contributed by atoms with Crippen molar-refractivity contribution in [2.75, 3.05) is 26.7 Å². The summed E-state index contributed by atoms with van der Waals surface area (Å²) in [5.41, 5.74) is 21.7. The summed E-state index contributed by atoms with van der Waals surface area (Å²) in [5, 5.41) is 53.2. The third-order valence-corrected chi connectivity index (χ3v) is 9.99. The number of rotatable bonds is 10. The molecular formula is C28H51N7O8. The number of carbonyl (C=O) groups is 1. The summed E-state index contributed by atoms with van der Waals surface area (Å²) in [6, 6.07) is -3.20. The van der Waals surface area contributed by atoms with Crippen molar-refractivity contribution in [1.29, 1.82) is 0 Å². The second-order valence-electron chi connectivity index (χ2n) is 13.6.